The van der Waals surface area contributed by atoms with Crippen LogP contribution < -0.4 is 4.74 Å². The molecule has 3 heteroatoms. The quantitative estimate of drug-likeness (QED) is 0.783. The molecule has 0 aliphatic heterocycles. The maximum absolute atomic E-state index is 11.1. The molecule has 0 atom stereocenters. The predicted molar refractivity (Wildman–Crippen MR) is 61.2 cm³/mol. The largest absolute Gasteiger partial charge is 0.496 e. The number of ketones is 1. The number of ether oxygens (including phenoxy) is 1. The fourth-order valence-corrected chi connectivity index (χ4v) is 2.57. The van der Waals surface area contributed by atoms with Crippen LogP contribution in [0, 0.1) is 0 Å². The summed E-state index contributed by atoms with van der Waals surface area (Å²) >= 11 is 1.62. The average molecular weight is 220 g/mol. The van der Waals surface area contributed by atoms with Crippen molar-refractivity contribution in [3.63, 3.8) is 0 Å². The second-order valence-corrected chi connectivity index (χ2v) is 4.50. The number of benzene rings is 1. The van der Waals surface area contributed by atoms with Crippen molar-refractivity contribution in [2.24, 2.45) is 0 Å². The molecule has 0 radical (unpaired) electrons. The minimum Gasteiger partial charge on any atom is -0.496 e. The van der Waals surface area contributed by atoms with Crippen molar-refractivity contribution >= 4 is 17.5 Å². The minimum atomic E-state index is 0.229. The summed E-state index contributed by atoms with van der Waals surface area (Å²) in [5.74, 6) is 1.09. The van der Waals surface area contributed by atoms with Crippen LogP contribution in [0.4, 0.5) is 0 Å². The first-order chi connectivity index (χ1) is 7.29. The van der Waals surface area contributed by atoms with Crippen LogP contribution in [0.2, 0.25) is 0 Å². The Kier molecular flexibility index (Phi) is 3.11. The van der Waals surface area contributed by atoms with Gasteiger partial charge in [-0.3, -0.25) is 4.79 Å². The molecule has 1 aliphatic carbocycles. The van der Waals surface area contributed by atoms with Crippen molar-refractivity contribution in [2.75, 3.05) is 7.11 Å². The normalized spacial score (nSPS) is 15.3. The highest BCUT2D eigenvalue weighted by Gasteiger charge is 2.14. The Bertz CT molecular complexity index is 410. The van der Waals surface area contributed by atoms with Gasteiger partial charge in [-0.2, -0.15) is 0 Å². The predicted octanol–water partition coefficient (Wildman–Crippen LogP) is 3.03. The molecule has 15 heavy (non-hydrogen) atoms. The van der Waals surface area contributed by atoms with Gasteiger partial charge >= 0.3 is 0 Å². The van der Waals surface area contributed by atoms with Crippen molar-refractivity contribution in [2.45, 2.75) is 17.7 Å². The Labute approximate surface area is 93.3 Å². The van der Waals surface area contributed by atoms with E-state index >= 15 is 0 Å². The molecular weight excluding hydrogens is 208 g/mol. The molecule has 0 unspecified atom stereocenters. The van der Waals surface area contributed by atoms with Gasteiger partial charge in [-0.1, -0.05) is 23.9 Å². The molecule has 0 spiro atoms. The lowest BCUT2D eigenvalue weighted by molar-refractivity contribution is -0.114. The first-order valence-corrected chi connectivity index (χ1v) is 5.65. The van der Waals surface area contributed by atoms with E-state index in [4.69, 9.17) is 4.74 Å². The third-order valence-corrected chi connectivity index (χ3v) is 3.39. The molecular formula is C12H12O2S. The van der Waals surface area contributed by atoms with Gasteiger partial charge in [0.2, 0.25) is 0 Å². The summed E-state index contributed by atoms with van der Waals surface area (Å²) in [6, 6.07) is 7.85. The highest BCUT2D eigenvalue weighted by molar-refractivity contribution is 8.03. The topological polar surface area (TPSA) is 26.3 Å². The van der Waals surface area contributed by atoms with E-state index in [0.717, 1.165) is 22.0 Å². The van der Waals surface area contributed by atoms with E-state index in [1.165, 1.54) is 0 Å². The van der Waals surface area contributed by atoms with Gasteiger partial charge < -0.3 is 4.74 Å². The monoisotopic (exact) mass is 220 g/mol. The minimum absolute atomic E-state index is 0.229. The fourth-order valence-electron chi connectivity index (χ4n) is 1.50. The summed E-state index contributed by atoms with van der Waals surface area (Å²) in [5.41, 5.74) is 0. The van der Waals surface area contributed by atoms with Crippen LogP contribution in [0.25, 0.3) is 0 Å². The van der Waals surface area contributed by atoms with Crippen molar-refractivity contribution in [1.82, 2.24) is 0 Å². The summed E-state index contributed by atoms with van der Waals surface area (Å²) in [6.07, 6.45) is 3.25. The highest BCUT2D eigenvalue weighted by atomic mass is 32.2. The molecule has 2 nitrogen and oxygen atoms in total. The number of carbonyl (C=O) groups excluding carboxylic acids is 1. The number of para-hydroxylation sites is 1. The van der Waals surface area contributed by atoms with Crippen LogP contribution in [0.15, 0.2) is 40.1 Å². The zero-order valence-electron chi connectivity index (χ0n) is 8.53. The van der Waals surface area contributed by atoms with Gasteiger partial charge in [0, 0.05) is 6.42 Å². The molecule has 0 bridgehead atoms. The number of rotatable bonds is 3. The Morgan fingerprint density at radius 3 is 2.73 bits per heavy atom. The summed E-state index contributed by atoms with van der Waals surface area (Å²) < 4.78 is 5.25. The van der Waals surface area contributed by atoms with Crippen LogP contribution >= 0.6 is 11.8 Å². The number of allylic oxidation sites excluding steroid dienone is 2. The van der Waals surface area contributed by atoms with Gasteiger partial charge in [0.25, 0.3) is 0 Å². The number of methoxy groups -OCH3 is 1. The van der Waals surface area contributed by atoms with Crippen LogP contribution in [0.1, 0.15) is 12.8 Å². The number of hydrogen-bond acceptors (Lipinski definition) is 3. The van der Waals surface area contributed by atoms with Crippen molar-refractivity contribution in [3.8, 4) is 5.75 Å². The summed E-state index contributed by atoms with van der Waals surface area (Å²) in [5, 5.41) is 0. The molecule has 2 rings (SSSR count). The molecule has 78 valence electrons. The van der Waals surface area contributed by atoms with Crippen molar-refractivity contribution < 1.29 is 9.53 Å². The Morgan fingerprint density at radius 2 is 2.07 bits per heavy atom. The molecule has 1 aromatic carbocycles. The third-order valence-electron chi connectivity index (χ3n) is 2.25. The Balaban J connectivity index is 2.17. The summed E-state index contributed by atoms with van der Waals surface area (Å²) in [6.45, 7) is 0. The summed E-state index contributed by atoms with van der Waals surface area (Å²) in [7, 11) is 1.66. The van der Waals surface area contributed by atoms with E-state index in [0.29, 0.717) is 6.42 Å². The zero-order valence-corrected chi connectivity index (χ0v) is 9.34. The van der Waals surface area contributed by atoms with Crippen LogP contribution in [0.5, 0.6) is 5.75 Å². The van der Waals surface area contributed by atoms with Gasteiger partial charge in [0.05, 0.1) is 12.0 Å². The molecule has 0 N–H and O–H groups in total. The fraction of sp³-hybridized carbons (Fsp3) is 0.250. The highest BCUT2D eigenvalue weighted by Crippen LogP contribution is 2.37. The van der Waals surface area contributed by atoms with Gasteiger partial charge in [-0.05, 0) is 29.5 Å². The van der Waals surface area contributed by atoms with Crippen molar-refractivity contribution in [1.29, 1.82) is 0 Å². The second-order valence-electron chi connectivity index (χ2n) is 3.33. The molecule has 0 aromatic heterocycles. The number of thioether (sulfide) groups is 1. The first-order valence-electron chi connectivity index (χ1n) is 4.84. The van der Waals surface area contributed by atoms with Gasteiger partial charge in [-0.25, -0.2) is 0 Å². The molecule has 1 aliphatic rings. The SMILES string of the molecule is COc1ccccc1SC1=CC(=O)CC1. The Hall–Kier alpha value is -1.22. The Morgan fingerprint density at radius 1 is 1.27 bits per heavy atom. The van der Waals surface area contributed by atoms with Crippen molar-refractivity contribution in [3.05, 3.63) is 35.2 Å². The number of carbonyl (C=O) groups is 1. The van der Waals surface area contributed by atoms with Gasteiger partial charge in [-0.15, -0.1) is 0 Å². The van der Waals surface area contributed by atoms with E-state index < -0.39 is 0 Å². The smallest absolute Gasteiger partial charge is 0.156 e. The van der Waals surface area contributed by atoms with Crippen LogP contribution in [0.3, 0.4) is 0 Å². The lowest BCUT2D eigenvalue weighted by atomic mass is 10.3. The maximum atomic E-state index is 11.1. The van der Waals surface area contributed by atoms with Crippen LogP contribution in [-0.4, -0.2) is 12.9 Å². The molecule has 0 saturated carbocycles. The molecule has 0 heterocycles. The molecule has 0 amide bonds. The lowest BCUT2D eigenvalue weighted by Crippen LogP contribution is -1.85. The van der Waals surface area contributed by atoms with E-state index in [1.807, 2.05) is 24.3 Å². The average Bonchev–Trinajstić information content (AvgIpc) is 2.65. The standard InChI is InChI=1S/C12H12O2S/c1-14-11-4-2-3-5-12(11)15-10-7-6-9(13)8-10/h2-5,8H,6-7H2,1H3. The molecule has 1 aromatic rings. The van der Waals surface area contributed by atoms with E-state index in [-0.39, 0.29) is 5.78 Å². The van der Waals surface area contributed by atoms with Gasteiger partial charge in [0.1, 0.15) is 5.75 Å². The first kappa shape index (κ1) is 10.3. The van der Waals surface area contributed by atoms with E-state index in [9.17, 15) is 4.79 Å². The molecule has 0 saturated heterocycles. The van der Waals surface area contributed by atoms with E-state index in [2.05, 4.69) is 0 Å². The van der Waals surface area contributed by atoms with Crippen LogP contribution in [-0.2, 0) is 4.79 Å². The second kappa shape index (κ2) is 4.53. The number of hydrogen-bond donors (Lipinski definition) is 0. The maximum Gasteiger partial charge on any atom is 0.156 e. The zero-order chi connectivity index (χ0) is 10.7. The lowest BCUT2D eigenvalue weighted by Gasteiger charge is -2.07. The summed E-state index contributed by atoms with van der Waals surface area (Å²) in [4.78, 5) is 13.3. The third kappa shape index (κ3) is 2.42. The van der Waals surface area contributed by atoms with E-state index in [1.54, 1.807) is 24.9 Å². The molecule has 0 fully saturated rings. The van der Waals surface area contributed by atoms with Gasteiger partial charge in [0.15, 0.2) is 5.78 Å².